The zero-order valence-electron chi connectivity index (χ0n) is 9.05. The van der Waals surface area contributed by atoms with Crippen LogP contribution in [0.3, 0.4) is 0 Å². The highest BCUT2D eigenvalue weighted by Gasteiger charge is 2.33. The van der Waals surface area contributed by atoms with Crippen LogP contribution >= 0.6 is 11.3 Å². The van der Waals surface area contributed by atoms with Crippen LogP contribution in [0.5, 0.6) is 0 Å². The molecule has 0 spiro atoms. The maximum atomic E-state index is 6.21. The smallest absolute Gasteiger partial charge is 0.0395 e. The molecule has 0 amide bonds. The molecular weight excluding hydrogens is 190 g/mol. The van der Waals surface area contributed by atoms with Crippen LogP contribution in [0.15, 0.2) is 12.1 Å². The second-order valence-electron chi connectivity index (χ2n) is 4.92. The quantitative estimate of drug-likeness (QED) is 0.808. The van der Waals surface area contributed by atoms with Crippen LogP contribution in [0.2, 0.25) is 0 Å². The number of aryl methyl sites for hydroxylation is 1. The molecule has 1 aromatic heterocycles. The number of hydrogen-bond donors (Lipinski definition) is 1. The van der Waals surface area contributed by atoms with Gasteiger partial charge in [0, 0.05) is 15.8 Å². The summed E-state index contributed by atoms with van der Waals surface area (Å²) in [5.41, 5.74) is 6.75. The van der Waals surface area contributed by atoms with E-state index in [1.54, 1.807) is 0 Å². The molecule has 0 radical (unpaired) electrons. The number of thiophene rings is 1. The van der Waals surface area contributed by atoms with Crippen molar-refractivity contribution in [3.8, 4) is 0 Å². The molecule has 1 aromatic rings. The van der Waals surface area contributed by atoms with Gasteiger partial charge >= 0.3 is 0 Å². The van der Waals surface area contributed by atoms with Crippen molar-refractivity contribution < 1.29 is 0 Å². The Morgan fingerprint density at radius 3 is 2.64 bits per heavy atom. The third kappa shape index (κ3) is 2.01. The average Bonchev–Trinajstić information content (AvgIpc) is 2.49. The highest BCUT2D eigenvalue weighted by molar-refractivity contribution is 7.12. The van der Waals surface area contributed by atoms with Crippen LogP contribution in [-0.4, -0.2) is 0 Å². The summed E-state index contributed by atoms with van der Waals surface area (Å²) in [7, 11) is 0. The fourth-order valence-electron chi connectivity index (χ4n) is 2.27. The van der Waals surface area contributed by atoms with Gasteiger partial charge in [-0.1, -0.05) is 13.3 Å². The lowest BCUT2D eigenvalue weighted by atomic mass is 9.67. The van der Waals surface area contributed by atoms with Crippen LogP contribution in [0.25, 0.3) is 0 Å². The normalized spacial score (nSPS) is 21.6. The summed E-state index contributed by atoms with van der Waals surface area (Å²) < 4.78 is 0. The number of nitrogens with two attached hydrogens (primary N) is 1. The van der Waals surface area contributed by atoms with Crippen LogP contribution in [0.4, 0.5) is 0 Å². The van der Waals surface area contributed by atoms with Crippen LogP contribution in [-0.2, 0) is 0 Å². The van der Waals surface area contributed by atoms with Crippen LogP contribution in [0.1, 0.15) is 48.4 Å². The van der Waals surface area contributed by atoms with E-state index in [9.17, 15) is 0 Å². The molecule has 1 atom stereocenters. The molecule has 0 aliphatic heterocycles. The van der Waals surface area contributed by atoms with Crippen LogP contribution in [0, 0.1) is 12.3 Å². The minimum absolute atomic E-state index is 0.263. The molecular formula is C12H19NS. The number of rotatable bonds is 3. The topological polar surface area (TPSA) is 26.0 Å². The van der Waals surface area contributed by atoms with E-state index in [1.165, 1.54) is 29.0 Å². The predicted molar refractivity (Wildman–Crippen MR) is 62.6 cm³/mol. The zero-order chi connectivity index (χ0) is 10.2. The Morgan fingerprint density at radius 1 is 1.50 bits per heavy atom. The van der Waals surface area contributed by atoms with E-state index in [2.05, 4.69) is 26.0 Å². The van der Waals surface area contributed by atoms with Crippen molar-refractivity contribution in [3.63, 3.8) is 0 Å². The largest absolute Gasteiger partial charge is 0.323 e. The number of hydrogen-bond acceptors (Lipinski definition) is 2. The van der Waals surface area contributed by atoms with E-state index in [0.717, 1.165) is 6.42 Å². The molecule has 1 saturated carbocycles. The average molecular weight is 209 g/mol. The maximum Gasteiger partial charge on any atom is 0.0395 e. The molecule has 78 valence electrons. The first kappa shape index (κ1) is 10.2. The van der Waals surface area contributed by atoms with Gasteiger partial charge in [-0.2, -0.15) is 0 Å². The first-order valence-electron chi connectivity index (χ1n) is 5.41. The van der Waals surface area contributed by atoms with Crippen molar-refractivity contribution in [1.29, 1.82) is 0 Å². The second kappa shape index (κ2) is 3.67. The molecule has 1 heterocycles. The molecule has 2 rings (SSSR count). The lowest BCUT2D eigenvalue weighted by Crippen LogP contribution is -2.29. The third-order valence-electron chi connectivity index (χ3n) is 3.40. The van der Waals surface area contributed by atoms with E-state index in [4.69, 9.17) is 5.73 Å². The van der Waals surface area contributed by atoms with Gasteiger partial charge in [-0.15, -0.1) is 11.3 Å². The molecule has 14 heavy (non-hydrogen) atoms. The first-order valence-corrected chi connectivity index (χ1v) is 6.23. The molecule has 1 fully saturated rings. The summed E-state index contributed by atoms with van der Waals surface area (Å²) in [4.78, 5) is 2.73. The molecule has 1 aliphatic rings. The van der Waals surface area contributed by atoms with Gasteiger partial charge in [0.15, 0.2) is 0 Å². The maximum absolute atomic E-state index is 6.21. The van der Waals surface area contributed by atoms with Gasteiger partial charge in [0.25, 0.3) is 0 Å². The summed E-state index contributed by atoms with van der Waals surface area (Å²) in [6.07, 6.45) is 5.29. The van der Waals surface area contributed by atoms with Gasteiger partial charge in [-0.3, -0.25) is 0 Å². The standard InChI is InChI=1S/C12H19NS/c1-9-4-5-11(14-9)10(13)8-12(2)6-3-7-12/h4-5,10H,3,6-8,13H2,1-2H3. The van der Waals surface area contributed by atoms with E-state index >= 15 is 0 Å². The molecule has 0 saturated heterocycles. The Morgan fingerprint density at radius 2 is 2.21 bits per heavy atom. The van der Waals surface area contributed by atoms with Gasteiger partial charge in [0.1, 0.15) is 0 Å². The van der Waals surface area contributed by atoms with Crippen molar-refractivity contribution in [1.82, 2.24) is 0 Å². The van der Waals surface area contributed by atoms with Crippen molar-refractivity contribution >= 4 is 11.3 Å². The molecule has 2 N–H and O–H groups in total. The van der Waals surface area contributed by atoms with Gasteiger partial charge in [-0.25, -0.2) is 0 Å². The molecule has 2 heteroatoms. The Balaban J connectivity index is 1.98. The second-order valence-corrected chi connectivity index (χ2v) is 6.24. The summed E-state index contributed by atoms with van der Waals surface area (Å²) in [6, 6.07) is 4.62. The minimum atomic E-state index is 0.263. The zero-order valence-corrected chi connectivity index (χ0v) is 9.86. The van der Waals surface area contributed by atoms with Crippen molar-refractivity contribution in [2.45, 2.75) is 45.6 Å². The fourth-order valence-corrected chi connectivity index (χ4v) is 3.15. The Kier molecular flexibility index (Phi) is 2.67. The Bertz CT molecular complexity index is 312. The molecule has 0 bridgehead atoms. The van der Waals surface area contributed by atoms with E-state index in [1.807, 2.05) is 11.3 Å². The summed E-state index contributed by atoms with van der Waals surface area (Å²) in [5.74, 6) is 0. The van der Waals surface area contributed by atoms with Gasteiger partial charge in [-0.05, 0) is 43.7 Å². The molecule has 0 aromatic carbocycles. The molecule has 1 nitrogen and oxygen atoms in total. The van der Waals surface area contributed by atoms with E-state index in [-0.39, 0.29) is 6.04 Å². The lowest BCUT2D eigenvalue weighted by Gasteiger charge is -2.40. The monoisotopic (exact) mass is 209 g/mol. The van der Waals surface area contributed by atoms with Gasteiger partial charge in [0.2, 0.25) is 0 Å². The predicted octanol–water partition coefficient (Wildman–Crippen LogP) is 3.64. The third-order valence-corrected chi connectivity index (χ3v) is 4.53. The Hall–Kier alpha value is -0.340. The van der Waals surface area contributed by atoms with Gasteiger partial charge < -0.3 is 5.73 Å². The highest BCUT2D eigenvalue weighted by Crippen LogP contribution is 2.46. The van der Waals surface area contributed by atoms with E-state index < -0.39 is 0 Å². The van der Waals surface area contributed by atoms with Crippen molar-refractivity contribution in [3.05, 3.63) is 21.9 Å². The van der Waals surface area contributed by atoms with E-state index in [0.29, 0.717) is 5.41 Å². The fraction of sp³-hybridized carbons (Fsp3) is 0.667. The molecule has 1 unspecified atom stereocenters. The summed E-state index contributed by atoms with van der Waals surface area (Å²) in [5, 5.41) is 0. The van der Waals surface area contributed by atoms with Gasteiger partial charge in [0.05, 0.1) is 0 Å². The minimum Gasteiger partial charge on any atom is -0.323 e. The SMILES string of the molecule is Cc1ccc(C(N)CC2(C)CCC2)s1. The summed E-state index contributed by atoms with van der Waals surface area (Å²) in [6.45, 7) is 4.52. The lowest BCUT2D eigenvalue weighted by molar-refractivity contribution is 0.135. The highest BCUT2D eigenvalue weighted by atomic mass is 32.1. The van der Waals surface area contributed by atoms with Crippen molar-refractivity contribution in [2.24, 2.45) is 11.1 Å². The van der Waals surface area contributed by atoms with Crippen LogP contribution < -0.4 is 5.73 Å². The first-order chi connectivity index (χ1) is 6.59. The Labute approximate surface area is 90.3 Å². The van der Waals surface area contributed by atoms with Crippen molar-refractivity contribution in [2.75, 3.05) is 0 Å². The summed E-state index contributed by atoms with van der Waals surface area (Å²) >= 11 is 1.85. The molecule has 1 aliphatic carbocycles.